The number of piperidine rings is 1. The lowest BCUT2D eigenvalue weighted by Crippen LogP contribution is -2.39. The van der Waals surface area contributed by atoms with Gasteiger partial charge in [-0.15, -0.1) is 11.3 Å². The van der Waals surface area contributed by atoms with Gasteiger partial charge >= 0.3 is 6.18 Å². The van der Waals surface area contributed by atoms with E-state index in [9.17, 15) is 21.6 Å². The molecule has 2 heterocycles. The molecule has 4 rings (SSSR count). The molecule has 3 aromatic rings. The Labute approximate surface area is 194 Å². The predicted octanol–water partition coefficient (Wildman–Crippen LogP) is 5.67. The Morgan fingerprint density at radius 3 is 2.39 bits per heavy atom. The van der Waals surface area contributed by atoms with Crippen LogP contribution in [0.2, 0.25) is 0 Å². The highest BCUT2D eigenvalue weighted by Gasteiger charge is 2.40. The van der Waals surface area contributed by atoms with Gasteiger partial charge in [0.2, 0.25) is 0 Å². The minimum atomic E-state index is -4.72. The van der Waals surface area contributed by atoms with Gasteiger partial charge in [-0.2, -0.15) is 13.2 Å². The number of hydrogen-bond acceptors (Lipinski definition) is 6. The van der Waals surface area contributed by atoms with Crippen molar-refractivity contribution in [3.8, 4) is 17.0 Å². The summed E-state index contributed by atoms with van der Waals surface area (Å²) in [6.07, 6.45) is -4.23. The SMILES string of the molecule is CCOc1ccc(-c2csc(N3CCC(S(=O)(=O)c4ccccc4C(F)(F)F)CC3)n2)cc1. The summed E-state index contributed by atoms with van der Waals surface area (Å²) in [4.78, 5) is 6.03. The first-order chi connectivity index (χ1) is 15.7. The standard InChI is InChI=1S/C23H23F3N2O3S2/c1-2-31-17-9-7-16(8-10-17)20-15-32-22(27-20)28-13-11-18(12-14-28)33(29,30)21-6-4-3-5-19(21)23(24,25)26/h3-10,15,18H,2,11-14H2,1H3. The van der Waals surface area contributed by atoms with Crippen LogP contribution < -0.4 is 9.64 Å². The molecular formula is C23H23F3N2O3S2. The number of benzene rings is 2. The summed E-state index contributed by atoms with van der Waals surface area (Å²) < 4.78 is 71.5. The zero-order valence-electron chi connectivity index (χ0n) is 17.9. The number of sulfone groups is 1. The highest BCUT2D eigenvalue weighted by atomic mass is 32.2. The van der Waals surface area contributed by atoms with Crippen molar-refractivity contribution in [1.82, 2.24) is 4.98 Å². The molecule has 0 unspecified atom stereocenters. The van der Waals surface area contributed by atoms with Crippen molar-refractivity contribution in [2.24, 2.45) is 0 Å². The molecule has 0 N–H and O–H groups in total. The number of rotatable bonds is 6. The van der Waals surface area contributed by atoms with Gasteiger partial charge in [0.05, 0.1) is 28.0 Å². The lowest BCUT2D eigenvalue weighted by atomic mass is 10.1. The van der Waals surface area contributed by atoms with Crippen molar-refractivity contribution in [1.29, 1.82) is 0 Å². The normalized spacial score (nSPS) is 15.6. The van der Waals surface area contributed by atoms with Crippen LogP contribution >= 0.6 is 11.3 Å². The van der Waals surface area contributed by atoms with Crippen LogP contribution in [0.1, 0.15) is 25.3 Å². The number of thiazole rings is 1. The molecule has 0 aliphatic carbocycles. The van der Waals surface area contributed by atoms with E-state index in [1.54, 1.807) is 0 Å². The molecule has 0 spiro atoms. The monoisotopic (exact) mass is 496 g/mol. The van der Waals surface area contributed by atoms with Crippen LogP contribution in [0, 0.1) is 0 Å². The topological polar surface area (TPSA) is 59.5 Å². The highest BCUT2D eigenvalue weighted by Crippen LogP contribution is 2.37. The molecule has 1 saturated heterocycles. The molecule has 1 aliphatic heterocycles. The Morgan fingerprint density at radius 1 is 1.09 bits per heavy atom. The van der Waals surface area contributed by atoms with Crippen molar-refractivity contribution in [3.63, 3.8) is 0 Å². The molecule has 1 aromatic heterocycles. The van der Waals surface area contributed by atoms with Gasteiger partial charge in [0.1, 0.15) is 5.75 Å². The van der Waals surface area contributed by atoms with Crippen molar-refractivity contribution in [2.75, 3.05) is 24.6 Å². The first-order valence-electron chi connectivity index (χ1n) is 10.5. The lowest BCUT2D eigenvalue weighted by Gasteiger charge is -2.31. The second-order valence-electron chi connectivity index (χ2n) is 7.70. The fourth-order valence-electron chi connectivity index (χ4n) is 3.92. The third-order valence-corrected chi connectivity index (χ3v) is 8.82. The average Bonchev–Trinajstić information content (AvgIpc) is 3.30. The van der Waals surface area contributed by atoms with Crippen LogP contribution in [0.5, 0.6) is 5.75 Å². The molecule has 5 nitrogen and oxygen atoms in total. The van der Waals surface area contributed by atoms with Crippen LogP contribution in [-0.4, -0.2) is 38.3 Å². The molecule has 0 atom stereocenters. The zero-order valence-corrected chi connectivity index (χ0v) is 19.5. The molecule has 176 valence electrons. The van der Waals surface area contributed by atoms with Gasteiger partial charge < -0.3 is 9.64 Å². The number of alkyl halides is 3. The maximum atomic E-state index is 13.3. The van der Waals surface area contributed by atoms with Crippen LogP contribution in [0.4, 0.5) is 18.3 Å². The molecule has 0 amide bonds. The minimum absolute atomic E-state index is 0.243. The molecule has 1 fully saturated rings. The molecule has 10 heteroatoms. The number of nitrogens with zero attached hydrogens (tertiary/aromatic N) is 2. The average molecular weight is 497 g/mol. The third-order valence-electron chi connectivity index (χ3n) is 5.60. The van der Waals surface area contributed by atoms with E-state index in [1.165, 1.54) is 23.5 Å². The van der Waals surface area contributed by atoms with Crippen molar-refractivity contribution in [3.05, 3.63) is 59.5 Å². The van der Waals surface area contributed by atoms with Crippen LogP contribution in [-0.2, 0) is 16.0 Å². The maximum Gasteiger partial charge on any atom is 0.417 e. The largest absolute Gasteiger partial charge is 0.494 e. The summed E-state index contributed by atoms with van der Waals surface area (Å²) in [5.74, 6) is 0.784. The Kier molecular flexibility index (Phi) is 6.67. The van der Waals surface area contributed by atoms with Gasteiger partial charge in [0.25, 0.3) is 0 Å². The second-order valence-corrected chi connectivity index (χ2v) is 10.7. The number of aromatic nitrogens is 1. The summed E-state index contributed by atoms with van der Waals surface area (Å²) in [6, 6.07) is 12.0. The van der Waals surface area contributed by atoms with Gasteiger partial charge in [0.15, 0.2) is 15.0 Å². The molecule has 2 aromatic carbocycles. The Balaban J connectivity index is 1.46. The van der Waals surface area contributed by atoms with E-state index in [1.807, 2.05) is 41.5 Å². The summed E-state index contributed by atoms with van der Waals surface area (Å²) in [5.41, 5.74) is 0.654. The van der Waals surface area contributed by atoms with E-state index >= 15 is 0 Å². The molecule has 1 aliphatic rings. The molecule has 33 heavy (non-hydrogen) atoms. The minimum Gasteiger partial charge on any atom is -0.494 e. The van der Waals surface area contributed by atoms with E-state index < -0.39 is 31.7 Å². The highest BCUT2D eigenvalue weighted by molar-refractivity contribution is 7.92. The Hall–Kier alpha value is -2.59. The molecule has 0 bridgehead atoms. The van der Waals surface area contributed by atoms with Gasteiger partial charge in [-0.25, -0.2) is 13.4 Å². The lowest BCUT2D eigenvalue weighted by molar-refractivity contribution is -0.139. The van der Waals surface area contributed by atoms with E-state index in [0.29, 0.717) is 19.7 Å². The number of halogens is 3. The quantitative estimate of drug-likeness (QED) is 0.440. The number of hydrogen-bond donors (Lipinski definition) is 0. The van der Waals surface area contributed by atoms with E-state index in [4.69, 9.17) is 4.74 Å². The Morgan fingerprint density at radius 2 is 1.76 bits per heavy atom. The summed E-state index contributed by atoms with van der Waals surface area (Å²) in [7, 11) is -4.10. The van der Waals surface area contributed by atoms with Crippen molar-refractivity contribution >= 4 is 26.3 Å². The van der Waals surface area contributed by atoms with E-state index in [0.717, 1.165) is 34.3 Å². The van der Waals surface area contributed by atoms with Crippen LogP contribution in [0.3, 0.4) is 0 Å². The molecule has 0 radical (unpaired) electrons. The molecular weight excluding hydrogens is 473 g/mol. The predicted molar refractivity (Wildman–Crippen MR) is 123 cm³/mol. The van der Waals surface area contributed by atoms with E-state index in [2.05, 4.69) is 4.98 Å². The first-order valence-corrected chi connectivity index (χ1v) is 13.0. The zero-order chi connectivity index (χ0) is 23.6. The van der Waals surface area contributed by atoms with Gasteiger partial charge in [-0.05, 0) is 56.2 Å². The first kappa shape index (κ1) is 23.6. The smallest absolute Gasteiger partial charge is 0.417 e. The van der Waals surface area contributed by atoms with Crippen LogP contribution in [0.25, 0.3) is 11.3 Å². The van der Waals surface area contributed by atoms with E-state index in [-0.39, 0.29) is 12.8 Å². The second kappa shape index (κ2) is 9.34. The molecule has 0 saturated carbocycles. The van der Waals surface area contributed by atoms with Gasteiger partial charge in [0, 0.05) is 24.0 Å². The third kappa shape index (κ3) is 5.01. The number of anilines is 1. The fraction of sp³-hybridized carbons (Fsp3) is 0.348. The Bertz CT molecular complexity index is 1200. The van der Waals surface area contributed by atoms with Gasteiger partial charge in [-0.1, -0.05) is 12.1 Å². The van der Waals surface area contributed by atoms with Gasteiger partial charge in [-0.3, -0.25) is 0 Å². The van der Waals surface area contributed by atoms with Crippen LogP contribution in [0.15, 0.2) is 58.8 Å². The van der Waals surface area contributed by atoms with Crippen molar-refractivity contribution < 1.29 is 26.3 Å². The summed E-state index contributed by atoms with van der Waals surface area (Å²) in [6.45, 7) is 3.33. The summed E-state index contributed by atoms with van der Waals surface area (Å²) in [5, 5.41) is 1.85. The fourth-order valence-corrected chi connectivity index (χ4v) is 6.75. The maximum absolute atomic E-state index is 13.3. The van der Waals surface area contributed by atoms with Crippen molar-refractivity contribution in [2.45, 2.75) is 36.1 Å². The summed E-state index contributed by atoms with van der Waals surface area (Å²) >= 11 is 1.46. The number of ether oxygens (including phenoxy) is 1.